The molecular formula is C15H18N4O. The number of imidazole rings is 1. The van der Waals surface area contributed by atoms with Crippen molar-refractivity contribution in [1.82, 2.24) is 14.9 Å². The standard InChI is InChI=1S/C15H18N4O/c1-11(12-8-17-9-12)15(20)18-13-3-2-4-14(7-13)19-6-5-16-10-19/h2-7,10-12,17H,8-9H2,1H3,(H,18,20). The van der Waals surface area contributed by atoms with Gasteiger partial charge < -0.3 is 15.2 Å². The largest absolute Gasteiger partial charge is 0.326 e. The van der Waals surface area contributed by atoms with E-state index in [1.807, 2.05) is 42.0 Å². The number of rotatable bonds is 4. The maximum Gasteiger partial charge on any atom is 0.227 e. The van der Waals surface area contributed by atoms with Crippen LogP contribution >= 0.6 is 0 Å². The van der Waals surface area contributed by atoms with E-state index in [-0.39, 0.29) is 11.8 Å². The SMILES string of the molecule is CC(C(=O)Nc1cccc(-n2ccnc2)c1)C1CNC1. The molecule has 1 unspecified atom stereocenters. The molecule has 1 aliphatic rings. The van der Waals surface area contributed by atoms with E-state index in [0.29, 0.717) is 5.92 Å². The van der Waals surface area contributed by atoms with Crippen LogP contribution in [0.15, 0.2) is 43.0 Å². The fraction of sp³-hybridized carbons (Fsp3) is 0.333. The first kappa shape index (κ1) is 12.9. The summed E-state index contributed by atoms with van der Waals surface area (Å²) in [6.45, 7) is 3.86. The number of aromatic nitrogens is 2. The summed E-state index contributed by atoms with van der Waals surface area (Å²) in [5.41, 5.74) is 1.80. The number of nitrogens with one attached hydrogen (secondary N) is 2. The third kappa shape index (κ3) is 2.58. The van der Waals surface area contributed by atoms with Crippen LogP contribution in [0.25, 0.3) is 5.69 Å². The van der Waals surface area contributed by atoms with Gasteiger partial charge in [-0.15, -0.1) is 0 Å². The maximum absolute atomic E-state index is 12.2. The summed E-state index contributed by atoms with van der Waals surface area (Å²) in [7, 11) is 0. The Morgan fingerprint density at radius 1 is 1.50 bits per heavy atom. The molecule has 0 saturated carbocycles. The van der Waals surface area contributed by atoms with Gasteiger partial charge >= 0.3 is 0 Å². The number of benzene rings is 1. The van der Waals surface area contributed by atoms with Gasteiger partial charge in [-0.05, 0) is 37.2 Å². The highest BCUT2D eigenvalue weighted by Gasteiger charge is 2.28. The summed E-state index contributed by atoms with van der Waals surface area (Å²) >= 11 is 0. The Bertz CT molecular complexity index is 590. The van der Waals surface area contributed by atoms with Gasteiger partial charge in [0.25, 0.3) is 0 Å². The molecule has 0 radical (unpaired) electrons. The minimum absolute atomic E-state index is 0.0353. The average molecular weight is 270 g/mol. The van der Waals surface area contributed by atoms with Crippen LogP contribution < -0.4 is 10.6 Å². The number of nitrogens with zero attached hydrogens (tertiary/aromatic N) is 2. The summed E-state index contributed by atoms with van der Waals surface area (Å²) in [5, 5.41) is 6.19. The minimum Gasteiger partial charge on any atom is -0.326 e. The summed E-state index contributed by atoms with van der Waals surface area (Å²) < 4.78 is 1.91. The lowest BCUT2D eigenvalue weighted by molar-refractivity contribution is -0.121. The highest BCUT2D eigenvalue weighted by molar-refractivity contribution is 5.92. The molecule has 0 spiro atoms. The number of anilines is 1. The molecule has 5 heteroatoms. The fourth-order valence-electron chi connectivity index (χ4n) is 2.29. The molecule has 1 aromatic carbocycles. The second kappa shape index (κ2) is 5.46. The van der Waals surface area contributed by atoms with Crippen LogP contribution in [0.2, 0.25) is 0 Å². The van der Waals surface area contributed by atoms with E-state index in [1.54, 1.807) is 12.5 Å². The van der Waals surface area contributed by atoms with Gasteiger partial charge in [-0.2, -0.15) is 0 Å². The van der Waals surface area contributed by atoms with E-state index >= 15 is 0 Å². The van der Waals surface area contributed by atoms with Crippen molar-refractivity contribution in [3.05, 3.63) is 43.0 Å². The van der Waals surface area contributed by atoms with Crippen molar-refractivity contribution in [2.45, 2.75) is 6.92 Å². The van der Waals surface area contributed by atoms with Crippen LogP contribution in [-0.4, -0.2) is 28.5 Å². The smallest absolute Gasteiger partial charge is 0.227 e. The molecular weight excluding hydrogens is 252 g/mol. The second-order valence-corrected chi connectivity index (χ2v) is 5.22. The van der Waals surface area contributed by atoms with E-state index in [1.165, 1.54) is 0 Å². The molecule has 2 aromatic rings. The van der Waals surface area contributed by atoms with Crippen LogP contribution in [0.4, 0.5) is 5.69 Å². The molecule has 0 bridgehead atoms. The van der Waals surface area contributed by atoms with E-state index in [9.17, 15) is 4.79 Å². The Balaban J connectivity index is 1.71. The highest BCUT2D eigenvalue weighted by atomic mass is 16.1. The molecule has 0 aliphatic carbocycles. The third-order valence-corrected chi connectivity index (χ3v) is 3.85. The van der Waals surface area contributed by atoms with Crippen molar-refractivity contribution in [3.8, 4) is 5.69 Å². The Labute approximate surface area is 118 Å². The summed E-state index contributed by atoms with van der Waals surface area (Å²) in [6, 6.07) is 7.77. The second-order valence-electron chi connectivity index (χ2n) is 5.22. The van der Waals surface area contributed by atoms with Crippen molar-refractivity contribution in [2.75, 3.05) is 18.4 Å². The molecule has 3 rings (SSSR count). The molecule has 104 valence electrons. The zero-order valence-electron chi connectivity index (χ0n) is 11.4. The first-order chi connectivity index (χ1) is 9.74. The number of carbonyl (C=O) groups is 1. The van der Waals surface area contributed by atoms with Crippen molar-refractivity contribution < 1.29 is 4.79 Å². The summed E-state index contributed by atoms with van der Waals surface area (Å²) in [4.78, 5) is 16.2. The lowest BCUT2D eigenvalue weighted by Crippen LogP contribution is -2.48. The Morgan fingerprint density at radius 3 is 3.00 bits per heavy atom. The zero-order chi connectivity index (χ0) is 13.9. The van der Waals surface area contributed by atoms with Gasteiger partial charge in [-0.1, -0.05) is 13.0 Å². The lowest BCUT2D eigenvalue weighted by atomic mass is 9.88. The van der Waals surface area contributed by atoms with Crippen molar-refractivity contribution in [2.24, 2.45) is 11.8 Å². The summed E-state index contributed by atoms with van der Waals surface area (Å²) in [6.07, 6.45) is 5.35. The third-order valence-electron chi connectivity index (χ3n) is 3.85. The van der Waals surface area contributed by atoms with Crippen molar-refractivity contribution >= 4 is 11.6 Å². The van der Waals surface area contributed by atoms with Crippen LogP contribution in [-0.2, 0) is 4.79 Å². The Hall–Kier alpha value is -2.14. The van der Waals surface area contributed by atoms with Gasteiger partial charge in [0.05, 0.1) is 6.33 Å². The molecule has 5 nitrogen and oxygen atoms in total. The normalized spacial score (nSPS) is 16.4. The molecule has 1 atom stereocenters. The predicted molar refractivity (Wildman–Crippen MR) is 77.7 cm³/mol. The fourth-order valence-corrected chi connectivity index (χ4v) is 2.29. The van der Waals surface area contributed by atoms with Crippen LogP contribution in [0.1, 0.15) is 6.92 Å². The Kier molecular flexibility index (Phi) is 3.52. The van der Waals surface area contributed by atoms with Gasteiger partial charge in [0.2, 0.25) is 5.91 Å². The molecule has 1 aliphatic heterocycles. The first-order valence-corrected chi connectivity index (χ1v) is 6.84. The summed E-state index contributed by atoms with van der Waals surface area (Å²) in [5.74, 6) is 0.569. The van der Waals surface area contributed by atoms with Crippen molar-refractivity contribution in [1.29, 1.82) is 0 Å². The van der Waals surface area contributed by atoms with Crippen LogP contribution in [0.5, 0.6) is 0 Å². The molecule has 2 heterocycles. The van der Waals surface area contributed by atoms with Gasteiger partial charge in [0.1, 0.15) is 0 Å². The number of amides is 1. The number of hydrogen-bond acceptors (Lipinski definition) is 3. The average Bonchev–Trinajstić information content (AvgIpc) is 2.90. The van der Waals surface area contributed by atoms with E-state index in [2.05, 4.69) is 15.6 Å². The monoisotopic (exact) mass is 270 g/mol. The first-order valence-electron chi connectivity index (χ1n) is 6.84. The van der Waals surface area contributed by atoms with Gasteiger partial charge in [0.15, 0.2) is 0 Å². The van der Waals surface area contributed by atoms with Gasteiger partial charge in [-0.25, -0.2) is 4.98 Å². The number of hydrogen-bond donors (Lipinski definition) is 2. The Morgan fingerprint density at radius 2 is 2.35 bits per heavy atom. The lowest BCUT2D eigenvalue weighted by Gasteiger charge is -2.31. The van der Waals surface area contributed by atoms with E-state index in [4.69, 9.17) is 0 Å². The highest BCUT2D eigenvalue weighted by Crippen LogP contribution is 2.19. The van der Waals surface area contributed by atoms with Gasteiger partial charge in [-0.3, -0.25) is 4.79 Å². The molecule has 1 fully saturated rings. The minimum atomic E-state index is 0.0353. The maximum atomic E-state index is 12.2. The topological polar surface area (TPSA) is 59.0 Å². The number of carbonyl (C=O) groups excluding carboxylic acids is 1. The van der Waals surface area contributed by atoms with Gasteiger partial charge in [0, 0.05) is 29.7 Å². The molecule has 20 heavy (non-hydrogen) atoms. The molecule has 1 amide bonds. The quantitative estimate of drug-likeness (QED) is 0.888. The predicted octanol–water partition coefficient (Wildman–Crippen LogP) is 1.67. The molecule has 2 N–H and O–H groups in total. The van der Waals surface area contributed by atoms with Crippen LogP contribution in [0, 0.1) is 11.8 Å². The van der Waals surface area contributed by atoms with E-state index in [0.717, 1.165) is 24.5 Å². The van der Waals surface area contributed by atoms with E-state index < -0.39 is 0 Å². The zero-order valence-corrected chi connectivity index (χ0v) is 11.4. The van der Waals surface area contributed by atoms with Crippen molar-refractivity contribution in [3.63, 3.8) is 0 Å². The molecule has 1 aromatic heterocycles. The molecule has 1 saturated heterocycles. The van der Waals surface area contributed by atoms with Crippen LogP contribution in [0.3, 0.4) is 0 Å².